The van der Waals surface area contributed by atoms with Crippen molar-refractivity contribution < 1.29 is 13.9 Å². The maximum absolute atomic E-state index is 13.4. The van der Waals surface area contributed by atoms with Crippen LogP contribution in [0.4, 0.5) is 10.1 Å². The van der Waals surface area contributed by atoms with Crippen molar-refractivity contribution in [1.82, 2.24) is 9.55 Å². The number of halogens is 1. The minimum atomic E-state index is -0.312. The molecule has 0 spiro atoms. The molecule has 1 aromatic heterocycles. The van der Waals surface area contributed by atoms with E-state index in [1.807, 2.05) is 36.4 Å². The van der Waals surface area contributed by atoms with Crippen LogP contribution in [0.3, 0.4) is 0 Å². The van der Waals surface area contributed by atoms with E-state index in [0.29, 0.717) is 37.7 Å². The maximum atomic E-state index is 13.4. The van der Waals surface area contributed by atoms with Gasteiger partial charge in [0.05, 0.1) is 17.6 Å². The van der Waals surface area contributed by atoms with Crippen LogP contribution in [0.1, 0.15) is 43.5 Å². The van der Waals surface area contributed by atoms with Gasteiger partial charge in [-0.2, -0.15) is 0 Å². The Bertz CT molecular complexity index is 1310. The number of hydrogen-bond donors (Lipinski definition) is 0. The second-order valence-corrected chi connectivity index (χ2v) is 9.03. The van der Waals surface area contributed by atoms with Gasteiger partial charge >= 0.3 is 0 Å². The molecule has 0 aliphatic carbocycles. The number of rotatable bonds is 7. The molecule has 0 radical (unpaired) electrons. The SMILES string of the molecule is CC(C)c1ccccc1OCCn1c(C2CC(=O)N(c3ccc(F)cc3)C2)nc2ccccc21. The Kier molecular flexibility index (Phi) is 6.05. The van der Waals surface area contributed by atoms with Crippen molar-refractivity contribution in [2.75, 3.05) is 18.1 Å². The van der Waals surface area contributed by atoms with Crippen molar-refractivity contribution in [3.05, 3.63) is 90.0 Å². The lowest BCUT2D eigenvalue weighted by Crippen LogP contribution is -2.24. The molecule has 1 saturated heterocycles. The monoisotopic (exact) mass is 457 g/mol. The molecular formula is C28H28FN3O2. The highest BCUT2D eigenvalue weighted by molar-refractivity contribution is 5.96. The molecule has 3 aromatic carbocycles. The summed E-state index contributed by atoms with van der Waals surface area (Å²) >= 11 is 0. The summed E-state index contributed by atoms with van der Waals surface area (Å²) in [6.45, 7) is 5.97. The normalized spacial score (nSPS) is 16.1. The molecular weight excluding hydrogens is 429 g/mol. The van der Waals surface area contributed by atoms with Gasteiger partial charge in [-0.1, -0.05) is 44.2 Å². The van der Waals surface area contributed by atoms with Crippen LogP contribution in [0.2, 0.25) is 0 Å². The molecule has 1 aliphatic rings. The summed E-state index contributed by atoms with van der Waals surface area (Å²) in [6.07, 6.45) is 0.373. The first-order chi connectivity index (χ1) is 16.5. The molecule has 0 saturated carbocycles. The Hall–Kier alpha value is -3.67. The molecule has 5 nitrogen and oxygen atoms in total. The van der Waals surface area contributed by atoms with Crippen molar-refractivity contribution in [1.29, 1.82) is 0 Å². The number of aromatic nitrogens is 2. The van der Waals surface area contributed by atoms with E-state index in [1.54, 1.807) is 17.0 Å². The number of amides is 1. The maximum Gasteiger partial charge on any atom is 0.227 e. The number of carbonyl (C=O) groups is 1. The van der Waals surface area contributed by atoms with E-state index >= 15 is 0 Å². The van der Waals surface area contributed by atoms with Gasteiger partial charge < -0.3 is 14.2 Å². The zero-order chi connectivity index (χ0) is 23.7. The highest BCUT2D eigenvalue weighted by Crippen LogP contribution is 2.33. The Morgan fingerprint density at radius 3 is 2.56 bits per heavy atom. The van der Waals surface area contributed by atoms with Crippen molar-refractivity contribution >= 4 is 22.6 Å². The van der Waals surface area contributed by atoms with Gasteiger partial charge in [0.15, 0.2) is 0 Å². The number of fused-ring (bicyclic) bond motifs is 1. The third-order valence-corrected chi connectivity index (χ3v) is 6.43. The fourth-order valence-electron chi connectivity index (χ4n) is 4.73. The standard InChI is InChI=1S/C28H28FN3O2/c1-19(2)23-7-3-6-10-26(23)34-16-15-31-25-9-5-4-8-24(25)30-28(31)20-17-27(33)32(18-20)22-13-11-21(29)12-14-22/h3-14,19-20H,15-18H2,1-2H3. The Balaban J connectivity index is 1.40. The number of hydrogen-bond acceptors (Lipinski definition) is 3. The molecule has 1 fully saturated rings. The number of imidazole rings is 1. The van der Waals surface area contributed by atoms with Crippen LogP contribution >= 0.6 is 0 Å². The minimum absolute atomic E-state index is 0.0253. The van der Waals surface area contributed by atoms with Crippen molar-refractivity contribution in [2.45, 2.75) is 38.6 Å². The van der Waals surface area contributed by atoms with Gasteiger partial charge in [-0.25, -0.2) is 9.37 Å². The highest BCUT2D eigenvalue weighted by atomic mass is 19.1. The van der Waals surface area contributed by atoms with E-state index in [4.69, 9.17) is 9.72 Å². The summed E-state index contributed by atoms with van der Waals surface area (Å²) < 4.78 is 21.7. The number of para-hydroxylation sites is 3. The van der Waals surface area contributed by atoms with E-state index in [-0.39, 0.29) is 17.6 Å². The lowest BCUT2D eigenvalue weighted by atomic mass is 10.0. The fourth-order valence-corrected chi connectivity index (χ4v) is 4.73. The fraction of sp³-hybridized carbons (Fsp3) is 0.286. The lowest BCUT2D eigenvalue weighted by molar-refractivity contribution is -0.117. The highest BCUT2D eigenvalue weighted by Gasteiger charge is 2.34. The smallest absolute Gasteiger partial charge is 0.227 e. The summed E-state index contributed by atoms with van der Waals surface area (Å²) in [5, 5.41) is 0. The van der Waals surface area contributed by atoms with Crippen LogP contribution in [0.25, 0.3) is 11.0 Å². The predicted octanol–water partition coefficient (Wildman–Crippen LogP) is 5.90. The van der Waals surface area contributed by atoms with Gasteiger partial charge in [0, 0.05) is 24.6 Å². The molecule has 6 heteroatoms. The zero-order valence-electron chi connectivity index (χ0n) is 19.4. The average Bonchev–Trinajstić information content (AvgIpc) is 3.40. The summed E-state index contributed by atoms with van der Waals surface area (Å²) in [5.74, 6) is 1.84. The summed E-state index contributed by atoms with van der Waals surface area (Å²) in [7, 11) is 0. The predicted molar refractivity (Wildman–Crippen MR) is 132 cm³/mol. The van der Waals surface area contributed by atoms with Gasteiger partial charge in [0.25, 0.3) is 0 Å². The van der Waals surface area contributed by atoms with E-state index in [1.165, 1.54) is 17.7 Å². The second kappa shape index (κ2) is 9.29. The van der Waals surface area contributed by atoms with Gasteiger partial charge in [-0.05, 0) is 53.9 Å². The molecule has 0 bridgehead atoms. The molecule has 1 unspecified atom stereocenters. The summed E-state index contributed by atoms with van der Waals surface area (Å²) in [4.78, 5) is 19.5. The number of anilines is 1. The molecule has 174 valence electrons. The van der Waals surface area contributed by atoms with Crippen molar-refractivity contribution in [3.63, 3.8) is 0 Å². The molecule has 1 atom stereocenters. The first-order valence-electron chi connectivity index (χ1n) is 11.7. The lowest BCUT2D eigenvalue weighted by Gasteiger charge is -2.18. The number of nitrogens with zero attached hydrogens (tertiary/aromatic N) is 3. The first-order valence-corrected chi connectivity index (χ1v) is 11.7. The van der Waals surface area contributed by atoms with E-state index < -0.39 is 0 Å². The average molecular weight is 458 g/mol. The zero-order valence-corrected chi connectivity index (χ0v) is 19.4. The van der Waals surface area contributed by atoms with Crippen LogP contribution in [-0.4, -0.2) is 28.6 Å². The van der Waals surface area contributed by atoms with Gasteiger partial charge in [-0.3, -0.25) is 4.79 Å². The number of benzene rings is 3. The van der Waals surface area contributed by atoms with Crippen LogP contribution in [0.15, 0.2) is 72.8 Å². The van der Waals surface area contributed by atoms with Gasteiger partial charge in [0.1, 0.15) is 24.0 Å². The van der Waals surface area contributed by atoms with Gasteiger partial charge in [-0.15, -0.1) is 0 Å². The van der Waals surface area contributed by atoms with E-state index in [2.05, 4.69) is 30.5 Å². The third kappa shape index (κ3) is 4.28. The van der Waals surface area contributed by atoms with E-state index in [9.17, 15) is 9.18 Å². The Morgan fingerprint density at radius 2 is 1.76 bits per heavy atom. The topological polar surface area (TPSA) is 47.4 Å². The molecule has 4 aromatic rings. The Labute approximate surface area is 198 Å². The molecule has 5 rings (SSSR count). The van der Waals surface area contributed by atoms with Crippen LogP contribution in [0, 0.1) is 5.82 Å². The number of carbonyl (C=O) groups excluding carboxylic acids is 1. The molecule has 34 heavy (non-hydrogen) atoms. The molecule has 1 amide bonds. The quantitative estimate of drug-likeness (QED) is 0.347. The molecule has 1 aliphatic heterocycles. The van der Waals surface area contributed by atoms with Gasteiger partial charge in [0.2, 0.25) is 5.91 Å². The molecule has 2 heterocycles. The minimum Gasteiger partial charge on any atom is -0.491 e. The van der Waals surface area contributed by atoms with Crippen molar-refractivity contribution in [2.24, 2.45) is 0 Å². The first kappa shape index (κ1) is 22.1. The van der Waals surface area contributed by atoms with E-state index in [0.717, 1.165) is 22.6 Å². The van der Waals surface area contributed by atoms with Crippen LogP contribution in [0.5, 0.6) is 5.75 Å². The summed E-state index contributed by atoms with van der Waals surface area (Å²) in [6, 6.07) is 22.3. The largest absolute Gasteiger partial charge is 0.491 e. The third-order valence-electron chi connectivity index (χ3n) is 6.43. The molecule has 0 N–H and O–H groups in total. The van der Waals surface area contributed by atoms with Crippen LogP contribution in [-0.2, 0) is 11.3 Å². The van der Waals surface area contributed by atoms with Crippen LogP contribution < -0.4 is 9.64 Å². The summed E-state index contributed by atoms with van der Waals surface area (Å²) in [5.41, 5.74) is 3.85. The second-order valence-electron chi connectivity index (χ2n) is 9.03. The Morgan fingerprint density at radius 1 is 1.03 bits per heavy atom. The number of ether oxygens (including phenoxy) is 1. The van der Waals surface area contributed by atoms with Crippen molar-refractivity contribution in [3.8, 4) is 5.75 Å².